The van der Waals surface area contributed by atoms with Crippen molar-refractivity contribution in [3.63, 3.8) is 0 Å². The topological polar surface area (TPSA) is 41.9 Å². The summed E-state index contributed by atoms with van der Waals surface area (Å²) in [5.41, 5.74) is 4.42. The molecule has 4 heteroatoms. The number of amides is 1. The quantitative estimate of drug-likeness (QED) is 0.844. The standard InChI is InChI=1S/C19H18N2O2/c22-19(23-13-14-6-2-1-3-7-14)21-11-10-16-15-8-4-5-9-17(15)20-18(16)12-21/h1-9,16H,10-13H2. The first-order valence-electron chi connectivity index (χ1n) is 7.93. The van der Waals surface area contributed by atoms with Crippen LogP contribution in [0.4, 0.5) is 10.5 Å². The zero-order valence-electron chi connectivity index (χ0n) is 12.8. The van der Waals surface area contributed by atoms with E-state index in [1.807, 2.05) is 42.5 Å². The molecule has 23 heavy (non-hydrogen) atoms. The molecule has 2 heterocycles. The summed E-state index contributed by atoms with van der Waals surface area (Å²) >= 11 is 0. The first-order valence-corrected chi connectivity index (χ1v) is 7.93. The molecule has 0 N–H and O–H groups in total. The largest absolute Gasteiger partial charge is 0.445 e. The van der Waals surface area contributed by atoms with Gasteiger partial charge in [-0.05, 0) is 23.6 Å². The van der Waals surface area contributed by atoms with Crippen LogP contribution in [0.3, 0.4) is 0 Å². The minimum absolute atomic E-state index is 0.258. The number of carbonyl (C=O) groups is 1. The van der Waals surface area contributed by atoms with Crippen molar-refractivity contribution in [2.24, 2.45) is 4.99 Å². The van der Waals surface area contributed by atoms with Gasteiger partial charge in [-0.3, -0.25) is 4.99 Å². The monoisotopic (exact) mass is 306 g/mol. The van der Waals surface area contributed by atoms with Gasteiger partial charge in [0.2, 0.25) is 0 Å². The summed E-state index contributed by atoms with van der Waals surface area (Å²) < 4.78 is 5.43. The Labute approximate surface area is 135 Å². The maximum Gasteiger partial charge on any atom is 0.410 e. The highest BCUT2D eigenvalue weighted by molar-refractivity contribution is 6.01. The highest BCUT2D eigenvalue weighted by Crippen LogP contribution is 2.39. The van der Waals surface area contributed by atoms with Crippen LogP contribution in [0.5, 0.6) is 0 Å². The van der Waals surface area contributed by atoms with Crippen molar-refractivity contribution < 1.29 is 9.53 Å². The molecule has 1 saturated heterocycles. The van der Waals surface area contributed by atoms with Crippen molar-refractivity contribution in [1.82, 2.24) is 4.90 Å². The number of aliphatic imine (C=N–C) groups is 1. The molecular weight excluding hydrogens is 288 g/mol. The van der Waals surface area contributed by atoms with E-state index in [1.165, 1.54) is 5.56 Å². The number of carbonyl (C=O) groups excluding carboxylic acids is 1. The van der Waals surface area contributed by atoms with Crippen molar-refractivity contribution in [3.8, 4) is 0 Å². The van der Waals surface area contributed by atoms with Crippen molar-refractivity contribution >= 4 is 17.5 Å². The van der Waals surface area contributed by atoms with E-state index in [0.29, 0.717) is 25.6 Å². The molecule has 1 atom stereocenters. The predicted molar refractivity (Wildman–Crippen MR) is 89.1 cm³/mol. The van der Waals surface area contributed by atoms with E-state index >= 15 is 0 Å². The molecule has 0 spiro atoms. The van der Waals surface area contributed by atoms with Crippen LogP contribution in [-0.4, -0.2) is 29.8 Å². The third kappa shape index (κ3) is 2.72. The van der Waals surface area contributed by atoms with Gasteiger partial charge in [0.05, 0.1) is 12.2 Å². The number of hydrogen-bond donors (Lipinski definition) is 0. The Balaban J connectivity index is 1.40. The molecule has 1 amide bonds. The Hall–Kier alpha value is -2.62. The molecule has 0 bridgehead atoms. The molecule has 0 radical (unpaired) electrons. The van der Waals surface area contributed by atoms with E-state index in [0.717, 1.165) is 23.4 Å². The number of hydrogen-bond acceptors (Lipinski definition) is 3. The molecule has 116 valence electrons. The van der Waals surface area contributed by atoms with Crippen LogP contribution in [0.15, 0.2) is 59.6 Å². The van der Waals surface area contributed by atoms with Gasteiger partial charge < -0.3 is 9.64 Å². The molecule has 2 aliphatic heterocycles. The summed E-state index contributed by atoms with van der Waals surface area (Å²) in [5.74, 6) is 0.365. The van der Waals surface area contributed by atoms with Crippen molar-refractivity contribution in [3.05, 3.63) is 65.7 Å². The summed E-state index contributed by atoms with van der Waals surface area (Å²) in [6, 6.07) is 18.0. The zero-order valence-corrected chi connectivity index (χ0v) is 12.8. The number of para-hydroxylation sites is 1. The fourth-order valence-corrected chi connectivity index (χ4v) is 3.29. The maximum absolute atomic E-state index is 12.3. The van der Waals surface area contributed by atoms with E-state index in [1.54, 1.807) is 4.90 Å². The van der Waals surface area contributed by atoms with Gasteiger partial charge in [0.1, 0.15) is 6.61 Å². The number of benzene rings is 2. The summed E-state index contributed by atoms with van der Waals surface area (Å²) in [4.78, 5) is 18.7. The van der Waals surface area contributed by atoms with Crippen molar-refractivity contribution in [2.75, 3.05) is 13.1 Å². The first-order chi connectivity index (χ1) is 11.3. The summed E-state index contributed by atoms with van der Waals surface area (Å²) in [6.07, 6.45) is 0.655. The highest BCUT2D eigenvalue weighted by Gasteiger charge is 2.34. The van der Waals surface area contributed by atoms with Gasteiger partial charge in [-0.15, -0.1) is 0 Å². The fourth-order valence-electron chi connectivity index (χ4n) is 3.29. The summed E-state index contributed by atoms with van der Waals surface area (Å²) in [7, 11) is 0. The number of likely N-dealkylation sites (tertiary alicyclic amines) is 1. The molecule has 2 aromatic carbocycles. The number of piperidine rings is 1. The van der Waals surface area contributed by atoms with E-state index < -0.39 is 0 Å². The fraction of sp³-hybridized carbons (Fsp3) is 0.263. The average Bonchev–Trinajstić information content (AvgIpc) is 2.98. The lowest BCUT2D eigenvalue weighted by molar-refractivity contribution is 0.0983. The Morgan fingerprint density at radius 2 is 1.91 bits per heavy atom. The molecule has 4 nitrogen and oxygen atoms in total. The SMILES string of the molecule is O=C(OCc1ccccc1)N1CCC2C(=Nc3ccccc32)C1. The minimum Gasteiger partial charge on any atom is -0.445 e. The maximum atomic E-state index is 12.3. The molecule has 0 saturated carbocycles. The molecule has 1 fully saturated rings. The lowest BCUT2D eigenvalue weighted by atomic mass is 9.89. The number of nitrogens with zero attached hydrogens (tertiary/aromatic N) is 2. The second-order valence-electron chi connectivity index (χ2n) is 5.96. The van der Waals surface area contributed by atoms with Crippen LogP contribution < -0.4 is 0 Å². The Morgan fingerprint density at radius 3 is 2.78 bits per heavy atom. The lowest BCUT2D eigenvalue weighted by Crippen LogP contribution is -2.42. The van der Waals surface area contributed by atoms with Gasteiger partial charge in [-0.25, -0.2) is 4.79 Å². The van der Waals surface area contributed by atoms with Crippen LogP contribution in [-0.2, 0) is 11.3 Å². The molecular formula is C19H18N2O2. The van der Waals surface area contributed by atoms with Crippen LogP contribution in [0, 0.1) is 0 Å². The average molecular weight is 306 g/mol. The number of rotatable bonds is 2. The Bertz CT molecular complexity index is 755. The third-order valence-corrected chi connectivity index (χ3v) is 4.48. The van der Waals surface area contributed by atoms with Crippen molar-refractivity contribution in [1.29, 1.82) is 0 Å². The van der Waals surface area contributed by atoms with Crippen molar-refractivity contribution in [2.45, 2.75) is 18.9 Å². The molecule has 2 aliphatic rings. The smallest absolute Gasteiger partial charge is 0.410 e. The van der Waals surface area contributed by atoms with Gasteiger partial charge in [-0.2, -0.15) is 0 Å². The first kappa shape index (κ1) is 14.0. The Morgan fingerprint density at radius 1 is 1.13 bits per heavy atom. The van der Waals surface area contributed by atoms with Crippen LogP contribution in [0.25, 0.3) is 0 Å². The van der Waals surface area contributed by atoms with Gasteiger partial charge in [0, 0.05) is 18.2 Å². The molecule has 4 rings (SSSR count). The molecule has 0 aliphatic carbocycles. The molecule has 1 unspecified atom stereocenters. The van der Waals surface area contributed by atoms with Gasteiger partial charge in [-0.1, -0.05) is 48.5 Å². The summed E-state index contributed by atoms with van der Waals surface area (Å²) in [6.45, 7) is 1.59. The number of fused-ring (bicyclic) bond motifs is 3. The van der Waals surface area contributed by atoms with Gasteiger partial charge >= 0.3 is 6.09 Å². The normalized spacial score (nSPS) is 18.9. The van der Waals surface area contributed by atoms with E-state index in [9.17, 15) is 4.79 Å². The third-order valence-electron chi connectivity index (χ3n) is 4.48. The molecule has 2 aromatic rings. The van der Waals surface area contributed by atoms with E-state index in [-0.39, 0.29) is 6.09 Å². The highest BCUT2D eigenvalue weighted by atomic mass is 16.6. The molecule has 0 aromatic heterocycles. The lowest BCUT2D eigenvalue weighted by Gasteiger charge is -2.30. The van der Waals surface area contributed by atoms with Crippen LogP contribution >= 0.6 is 0 Å². The van der Waals surface area contributed by atoms with Crippen LogP contribution in [0.1, 0.15) is 23.5 Å². The van der Waals surface area contributed by atoms with E-state index in [2.05, 4.69) is 12.1 Å². The summed E-state index contributed by atoms with van der Waals surface area (Å²) in [5, 5.41) is 0. The number of ether oxygens (including phenoxy) is 1. The predicted octanol–water partition coefficient (Wildman–Crippen LogP) is 3.90. The second-order valence-corrected chi connectivity index (χ2v) is 5.96. The Kier molecular flexibility index (Phi) is 3.58. The van der Waals surface area contributed by atoms with Crippen LogP contribution in [0.2, 0.25) is 0 Å². The zero-order chi connectivity index (χ0) is 15.6. The second kappa shape index (κ2) is 5.88. The minimum atomic E-state index is -0.258. The van der Waals surface area contributed by atoms with Gasteiger partial charge in [0.15, 0.2) is 0 Å². The van der Waals surface area contributed by atoms with E-state index in [4.69, 9.17) is 9.73 Å². The van der Waals surface area contributed by atoms with Gasteiger partial charge in [0.25, 0.3) is 0 Å².